The van der Waals surface area contributed by atoms with Crippen LogP contribution in [0.3, 0.4) is 0 Å². The van der Waals surface area contributed by atoms with Crippen molar-refractivity contribution in [1.82, 2.24) is 0 Å². The van der Waals surface area contributed by atoms with Crippen LogP contribution in [0.1, 0.15) is 59.3 Å². The Balaban J connectivity index is 1.54. The Hall–Kier alpha value is -1.98. The van der Waals surface area contributed by atoms with E-state index in [0.717, 1.165) is 45.1 Å². The van der Waals surface area contributed by atoms with Crippen molar-refractivity contribution in [3.63, 3.8) is 0 Å². The van der Waals surface area contributed by atoms with Gasteiger partial charge in [0.05, 0.1) is 13.2 Å². The molecule has 3 rings (SSSR count). The van der Waals surface area contributed by atoms with Crippen LogP contribution in [0, 0.1) is 0 Å². The van der Waals surface area contributed by atoms with Crippen molar-refractivity contribution < 1.29 is 13.9 Å². The fourth-order valence-corrected chi connectivity index (χ4v) is 9.41. The van der Waals surface area contributed by atoms with Gasteiger partial charge in [0.2, 0.25) is 0 Å². The van der Waals surface area contributed by atoms with Gasteiger partial charge < -0.3 is 13.9 Å². The SMILES string of the molecule is C=C(CCCO[Si](c1ccccc1)(c1ccccc1)C(C)(C)C)CCC(=C)CCC1OCCO1. The summed E-state index contributed by atoms with van der Waals surface area (Å²) in [5, 5.41) is 2.68. The van der Waals surface area contributed by atoms with Gasteiger partial charge in [-0.15, -0.1) is 0 Å². The lowest BCUT2D eigenvalue weighted by molar-refractivity contribution is -0.0462. The molecule has 0 spiro atoms. The summed E-state index contributed by atoms with van der Waals surface area (Å²) in [6.07, 6.45) is 5.76. The average molecular weight is 479 g/mol. The van der Waals surface area contributed by atoms with Gasteiger partial charge in [-0.2, -0.15) is 0 Å². The molecule has 2 aromatic carbocycles. The van der Waals surface area contributed by atoms with Gasteiger partial charge in [0, 0.05) is 13.0 Å². The predicted octanol–water partition coefficient (Wildman–Crippen LogP) is 6.39. The van der Waals surface area contributed by atoms with Gasteiger partial charge in [-0.3, -0.25) is 0 Å². The molecule has 0 atom stereocenters. The van der Waals surface area contributed by atoms with Crippen LogP contribution in [0.2, 0.25) is 5.04 Å². The first-order chi connectivity index (χ1) is 16.3. The molecule has 1 aliphatic rings. The highest BCUT2D eigenvalue weighted by Crippen LogP contribution is 2.37. The smallest absolute Gasteiger partial charge is 0.261 e. The van der Waals surface area contributed by atoms with Crippen molar-refractivity contribution in [2.24, 2.45) is 0 Å². The first-order valence-electron chi connectivity index (χ1n) is 12.6. The molecule has 2 aromatic rings. The molecule has 34 heavy (non-hydrogen) atoms. The maximum absolute atomic E-state index is 6.99. The first kappa shape index (κ1) is 26.6. The van der Waals surface area contributed by atoms with Gasteiger partial charge >= 0.3 is 0 Å². The summed E-state index contributed by atoms with van der Waals surface area (Å²) in [4.78, 5) is 0. The summed E-state index contributed by atoms with van der Waals surface area (Å²) < 4.78 is 18.0. The van der Waals surface area contributed by atoms with Crippen LogP contribution in [0.15, 0.2) is 85.0 Å². The summed E-state index contributed by atoms with van der Waals surface area (Å²) >= 11 is 0. The van der Waals surface area contributed by atoms with Crippen molar-refractivity contribution in [3.05, 3.63) is 85.0 Å². The minimum Gasteiger partial charge on any atom is -0.407 e. The van der Waals surface area contributed by atoms with Gasteiger partial charge in [0.15, 0.2) is 6.29 Å². The summed E-state index contributed by atoms with van der Waals surface area (Å²) in [6, 6.07) is 21.7. The lowest BCUT2D eigenvalue weighted by Crippen LogP contribution is -2.66. The van der Waals surface area contributed by atoms with Gasteiger partial charge in [-0.25, -0.2) is 0 Å². The molecule has 1 saturated heterocycles. The standard InChI is InChI=1S/C30H42O3Si/c1-25(18-19-26(2)20-21-29-31-23-24-32-29)13-12-22-33-34(30(3,4)5,27-14-8-6-9-15-27)28-16-10-7-11-17-28/h6-11,14-17,29H,1-2,12-13,18-24H2,3-5H3. The summed E-state index contributed by atoms with van der Waals surface area (Å²) in [5.41, 5.74) is 2.53. The van der Waals surface area contributed by atoms with Gasteiger partial charge in [0.1, 0.15) is 0 Å². The molecule has 1 heterocycles. The lowest BCUT2D eigenvalue weighted by Gasteiger charge is -2.43. The Morgan fingerprint density at radius 2 is 1.32 bits per heavy atom. The number of hydrogen-bond acceptors (Lipinski definition) is 3. The van der Waals surface area contributed by atoms with Crippen molar-refractivity contribution >= 4 is 18.7 Å². The minimum absolute atomic E-state index is 0.0111. The van der Waals surface area contributed by atoms with Gasteiger partial charge in [-0.05, 0) is 47.5 Å². The van der Waals surface area contributed by atoms with Crippen LogP contribution in [0.25, 0.3) is 0 Å². The van der Waals surface area contributed by atoms with Crippen molar-refractivity contribution in [3.8, 4) is 0 Å². The molecule has 1 fully saturated rings. The van der Waals surface area contributed by atoms with E-state index < -0.39 is 8.32 Å². The maximum Gasteiger partial charge on any atom is 0.261 e. The largest absolute Gasteiger partial charge is 0.407 e. The third-order valence-corrected chi connectivity index (χ3v) is 11.7. The number of rotatable bonds is 13. The summed E-state index contributed by atoms with van der Waals surface area (Å²) in [5.74, 6) is 0. The summed E-state index contributed by atoms with van der Waals surface area (Å²) in [7, 11) is -2.45. The number of allylic oxidation sites excluding steroid dienone is 2. The fourth-order valence-electron chi connectivity index (χ4n) is 4.81. The van der Waals surface area contributed by atoms with Crippen LogP contribution in [0.5, 0.6) is 0 Å². The van der Waals surface area contributed by atoms with E-state index in [0.29, 0.717) is 13.2 Å². The van der Waals surface area contributed by atoms with Crippen LogP contribution in [-0.2, 0) is 13.9 Å². The van der Waals surface area contributed by atoms with E-state index in [-0.39, 0.29) is 11.3 Å². The molecule has 1 aliphatic heterocycles. The third-order valence-electron chi connectivity index (χ3n) is 6.67. The highest BCUT2D eigenvalue weighted by Gasteiger charge is 2.49. The van der Waals surface area contributed by atoms with E-state index in [1.165, 1.54) is 21.5 Å². The molecule has 0 amide bonds. The second-order valence-corrected chi connectivity index (χ2v) is 14.6. The van der Waals surface area contributed by atoms with Crippen molar-refractivity contribution in [2.75, 3.05) is 19.8 Å². The topological polar surface area (TPSA) is 27.7 Å². The second-order valence-electron chi connectivity index (χ2n) is 10.3. The van der Waals surface area contributed by atoms with Gasteiger partial charge in [0.25, 0.3) is 8.32 Å². The van der Waals surface area contributed by atoms with Crippen molar-refractivity contribution in [2.45, 2.75) is 70.6 Å². The molecular weight excluding hydrogens is 436 g/mol. The Morgan fingerprint density at radius 3 is 1.82 bits per heavy atom. The zero-order valence-electron chi connectivity index (χ0n) is 21.4. The lowest BCUT2D eigenvalue weighted by atomic mass is 10.0. The third kappa shape index (κ3) is 7.02. The molecule has 0 radical (unpaired) electrons. The molecule has 0 N–H and O–H groups in total. The van der Waals surface area contributed by atoms with Crippen LogP contribution < -0.4 is 10.4 Å². The Labute approximate surface area is 208 Å². The Bertz CT molecular complexity index is 856. The number of hydrogen-bond donors (Lipinski definition) is 0. The Morgan fingerprint density at radius 1 is 0.824 bits per heavy atom. The highest BCUT2D eigenvalue weighted by molar-refractivity contribution is 6.99. The molecule has 4 heteroatoms. The molecular formula is C30H42O3Si. The van der Waals surface area contributed by atoms with E-state index in [2.05, 4.69) is 94.6 Å². The second kappa shape index (κ2) is 12.6. The zero-order valence-corrected chi connectivity index (χ0v) is 22.4. The monoisotopic (exact) mass is 478 g/mol. The Kier molecular flexibility index (Phi) is 9.90. The molecule has 0 aliphatic carbocycles. The van der Waals surface area contributed by atoms with Crippen LogP contribution in [0.4, 0.5) is 0 Å². The van der Waals surface area contributed by atoms with Gasteiger partial charge in [-0.1, -0.05) is 106 Å². The molecule has 0 bridgehead atoms. The van der Waals surface area contributed by atoms with Crippen molar-refractivity contribution in [1.29, 1.82) is 0 Å². The van der Waals surface area contributed by atoms with E-state index >= 15 is 0 Å². The molecule has 3 nitrogen and oxygen atoms in total. The van der Waals surface area contributed by atoms with E-state index in [1.807, 2.05) is 0 Å². The number of ether oxygens (including phenoxy) is 2. The normalized spacial score (nSPS) is 14.9. The maximum atomic E-state index is 6.99. The average Bonchev–Trinajstić information content (AvgIpc) is 3.36. The molecule has 0 saturated carbocycles. The fraction of sp³-hybridized carbons (Fsp3) is 0.467. The highest BCUT2D eigenvalue weighted by atomic mass is 28.4. The number of benzene rings is 2. The summed E-state index contributed by atoms with van der Waals surface area (Å²) in [6.45, 7) is 17.7. The molecule has 0 unspecified atom stereocenters. The minimum atomic E-state index is -2.45. The van der Waals surface area contributed by atoms with E-state index in [9.17, 15) is 0 Å². The predicted molar refractivity (Wildman–Crippen MR) is 145 cm³/mol. The quantitative estimate of drug-likeness (QED) is 0.190. The molecule has 0 aromatic heterocycles. The van der Waals surface area contributed by atoms with Crippen LogP contribution >= 0.6 is 0 Å². The molecule has 184 valence electrons. The van der Waals surface area contributed by atoms with Crippen LogP contribution in [-0.4, -0.2) is 34.4 Å². The first-order valence-corrected chi connectivity index (χ1v) is 14.6. The zero-order chi connectivity index (χ0) is 24.4. The van der Waals surface area contributed by atoms with E-state index in [1.54, 1.807) is 0 Å². The van der Waals surface area contributed by atoms with E-state index in [4.69, 9.17) is 13.9 Å².